The third kappa shape index (κ3) is 2.38. The van der Waals surface area contributed by atoms with Crippen molar-refractivity contribution < 1.29 is 4.79 Å². The van der Waals surface area contributed by atoms with Crippen molar-refractivity contribution in [2.75, 3.05) is 0 Å². The maximum atomic E-state index is 11.3. The minimum atomic E-state index is -0.0544. The van der Waals surface area contributed by atoms with Crippen LogP contribution in [0.1, 0.15) is 32.4 Å². The SMILES string of the molecule is CC(=O)[C@@H](c1ccccn1)C(C)C. The zero-order valence-electron chi connectivity index (χ0n) is 8.32. The fourth-order valence-corrected chi connectivity index (χ4v) is 1.58. The minimum Gasteiger partial charge on any atom is -0.299 e. The normalized spacial score (nSPS) is 12.9. The lowest BCUT2D eigenvalue weighted by molar-refractivity contribution is -0.119. The standard InChI is InChI=1S/C11H15NO/c1-8(2)11(9(3)13)10-6-4-5-7-12-10/h4-8,11H,1-3H3/t11-/m0/s1. The first kappa shape index (κ1) is 9.90. The zero-order valence-corrected chi connectivity index (χ0v) is 8.32. The van der Waals surface area contributed by atoms with Crippen molar-refractivity contribution in [2.24, 2.45) is 5.92 Å². The summed E-state index contributed by atoms with van der Waals surface area (Å²) in [6, 6.07) is 5.69. The van der Waals surface area contributed by atoms with Crippen molar-refractivity contribution in [3.63, 3.8) is 0 Å². The number of carbonyl (C=O) groups is 1. The molecule has 13 heavy (non-hydrogen) atoms. The Kier molecular flexibility index (Phi) is 3.18. The first-order valence-electron chi connectivity index (χ1n) is 4.54. The van der Waals surface area contributed by atoms with Crippen molar-refractivity contribution in [3.05, 3.63) is 30.1 Å². The van der Waals surface area contributed by atoms with Gasteiger partial charge in [0.25, 0.3) is 0 Å². The summed E-state index contributed by atoms with van der Waals surface area (Å²) in [5.74, 6) is 0.447. The second-order valence-electron chi connectivity index (χ2n) is 3.59. The molecule has 0 unspecified atom stereocenters. The summed E-state index contributed by atoms with van der Waals surface area (Å²) in [5.41, 5.74) is 0.880. The van der Waals surface area contributed by atoms with Gasteiger partial charge >= 0.3 is 0 Å². The van der Waals surface area contributed by atoms with Gasteiger partial charge in [0, 0.05) is 6.20 Å². The largest absolute Gasteiger partial charge is 0.299 e. The summed E-state index contributed by atoms with van der Waals surface area (Å²) in [7, 11) is 0. The van der Waals surface area contributed by atoms with E-state index in [0.717, 1.165) is 5.69 Å². The van der Waals surface area contributed by atoms with Crippen LogP contribution in [0.4, 0.5) is 0 Å². The number of aromatic nitrogens is 1. The predicted molar refractivity (Wildman–Crippen MR) is 52.5 cm³/mol. The van der Waals surface area contributed by atoms with E-state index in [4.69, 9.17) is 0 Å². The molecule has 0 aliphatic rings. The molecule has 70 valence electrons. The van der Waals surface area contributed by atoms with Crippen LogP contribution in [0.25, 0.3) is 0 Å². The molecule has 0 saturated heterocycles. The topological polar surface area (TPSA) is 30.0 Å². The first-order valence-corrected chi connectivity index (χ1v) is 4.54. The van der Waals surface area contributed by atoms with Crippen LogP contribution >= 0.6 is 0 Å². The lowest BCUT2D eigenvalue weighted by atomic mass is 9.89. The van der Waals surface area contributed by atoms with Crippen LogP contribution in [0.2, 0.25) is 0 Å². The van der Waals surface area contributed by atoms with Crippen molar-refractivity contribution >= 4 is 5.78 Å². The fraction of sp³-hybridized carbons (Fsp3) is 0.455. The van der Waals surface area contributed by atoms with Crippen LogP contribution in [0.15, 0.2) is 24.4 Å². The summed E-state index contributed by atoms with van der Waals surface area (Å²) in [4.78, 5) is 15.5. The van der Waals surface area contributed by atoms with Crippen LogP contribution in [0, 0.1) is 5.92 Å². The second kappa shape index (κ2) is 4.17. The average Bonchev–Trinajstić information content (AvgIpc) is 2.04. The van der Waals surface area contributed by atoms with Gasteiger partial charge in [-0.1, -0.05) is 19.9 Å². The van der Waals surface area contributed by atoms with Gasteiger partial charge < -0.3 is 0 Å². The van der Waals surface area contributed by atoms with E-state index in [1.807, 2.05) is 32.0 Å². The van der Waals surface area contributed by atoms with E-state index in [1.165, 1.54) is 0 Å². The summed E-state index contributed by atoms with van der Waals surface area (Å²) in [5, 5.41) is 0. The van der Waals surface area contributed by atoms with E-state index >= 15 is 0 Å². The van der Waals surface area contributed by atoms with E-state index < -0.39 is 0 Å². The Hall–Kier alpha value is -1.18. The van der Waals surface area contributed by atoms with Crippen LogP contribution in [-0.2, 0) is 4.79 Å². The lowest BCUT2D eigenvalue weighted by Gasteiger charge is -2.16. The van der Waals surface area contributed by atoms with Gasteiger partial charge in [-0.25, -0.2) is 0 Å². The first-order chi connectivity index (χ1) is 6.13. The van der Waals surface area contributed by atoms with Crippen LogP contribution < -0.4 is 0 Å². The quantitative estimate of drug-likeness (QED) is 0.709. The summed E-state index contributed by atoms with van der Waals surface area (Å²) in [6.07, 6.45) is 1.73. The van der Waals surface area contributed by atoms with Gasteiger partial charge in [-0.05, 0) is 25.0 Å². The van der Waals surface area contributed by atoms with Gasteiger partial charge in [-0.3, -0.25) is 9.78 Å². The number of hydrogen-bond donors (Lipinski definition) is 0. The molecule has 1 atom stereocenters. The van der Waals surface area contributed by atoms with Crippen molar-refractivity contribution in [2.45, 2.75) is 26.7 Å². The maximum Gasteiger partial charge on any atom is 0.139 e. The van der Waals surface area contributed by atoms with E-state index in [0.29, 0.717) is 5.92 Å². The molecule has 0 amide bonds. The number of Topliss-reactive ketones (excluding diaryl/α,β-unsaturated/α-hetero) is 1. The third-order valence-corrected chi connectivity index (χ3v) is 2.11. The van der Waals surface area contributed by atoms with Crippen LogP contribution in [0.3, 0.4) is 0 Å². The Morgan fingerprint density at radius 3 is 2.46 bits per heavy atom. The molecule has 1 heterocycles. The third-order valence-electron chi connectivity index (χ3n) is 2.11. The molecule has 0 bridgehead atoms. The second-order valence-corrected chi connectivity index (χ2v) is 3.59. The predicted octanol–water partition coefficient (Wildman–Crippen LogP) is 2.41. The minimum absolute atomic E-state index is 0.0544. The number of pyridine rings is 1. The molecular weight excluding hydrogens is 162 g/mol. The molecule has 2 nitrogen and oxygen atoms in total. The highest BCUT2D eigenvalue weighted by Crippen LogP contribution is 2.22. The van der Waals surface area contributed by atoms with Crippen molar-refractivity contribution in [1.82, 2.24) is 4.98 Å². The highest BCUT2D eigenvalue weighted by Gasteiger charge is 2.21. The van der Waals surface area contributed by atoms with Gasteiger partial charge in [0.15, 0.2) is 0 Å². The zero-order chi connectivity index (χ0) is 9.84. The Morgan fingerprint density at radius 1 is 1.38 bits per heavy atom. The monoisotopic (exact) mass is 177 g/mol. The molecule has 1 rings (SSSR count). The Bertz CT molecular complexity index is 279. The molecular formula is C11H15NO. The Morgan fingerprint density at radius 2 is 2.08 bits per heavy atom. The summed E-state index contributed by atoms with van der Waals surface area (Å²) in [6.45, 7) is 5.71. The highest BCUT2D eigenvalue weighted by atomic mass is 16.1. The molecule has 0 fully saturated rings. The smallest absolute Gasteiger partial charge is 0.139 e. The van der Waals surface area contributed by atoms with Gasteiger partial charge in [0.05, 0.1) is 11.6 Å². The van der Waals surface area contributed by atoms with Gasteiger partial charge in [0.2, 0.25) is 0 Å². The number of nitrogens with zero attached hydrogens (tertiary/aromatic N) is 1. The van der Waals surface area contributed by atoms with Gasteiger partial charge in [0.1, 0.15) is 5.78 Å². The molecule has 0 aromatic carbocycles. The van der Waals surface area contributed by atoms with Gasteiger partial charge in [-0.15, -0.1) is 0 Å². The molecule has 1 aromatic heterocycles. The van der Waals surface area contributed by atoms with Crippen molar-refractivity contribution in [3.8, 4) is 0 Å². The average molecular weight is 177 g/mol. The molecule has 0 aliphatic heterocycles. The van der Waals surface area contributed by atoms with Crippen molar-refractivity contribution in [1.29, 1.82) is 0 Å². The molecule has 0 saturated carbocycles. The van der Waals surface area contributed by atoms with E-state index in [2.05, 4.69) is 4.98 Å². The molecule has 1 aromatic rings. The Balaban J connectivity index is 2.96. The molecule has 0 N–H and O–H groups in total. The fourth-order valence-electron chi connectivity index (χ4n) is 1.58. The number of hydrogen-bond acceptors (Lipinski definition) is 2. The number of rotatable bonds is 3. The van der Waals surface area contributed by atoms with Crippen LogP contribution in [-0.4, -0.2) is 10.8 Å². The number of ketones is 1. The maximum absolute atomic E-state index is 11.3. The van der Waals surface area contributed by atoms with Crippen LogP contribution in [0.5, 0.6) is 0 Å². The Labute approximate surface area is 79.0 Å². The van der Waals surface area contributed by atoms with Gasteiger partial charge in [-0.2, -0.15) is 0 Å². The molecule has 0 radical (unpaired) electrons. The highest BCUT2D eigenvalue weighted by molar-refractivity contribution is 5.83. The lowest BCUT2D eigenvalue weighted by Crippen LogP contribution is -2.16. The molecule has 0 aliphatic carbocycles. The number of carbonyl (C=O) groups excluding carboxylic acids is 1. The molecule has 2 heteroatoms. The van der Waals surface area contributed by atoms with E-state index in [-0.39, 0.29) is 11.7 Å². The van der Waals surface area contributed by atoms with E-state index in [1.54, 1.807) is 13.1 Å². The summed E-state index contributed by atoms with van der Waals surface area (Å²) < 4.78 is 0. The summed E-state index contributed by atoms with van der Waals surface area (Å²) >= 11 is 0. The molecule has 0 spiro atoms. The van der Waals surface area contributed by atoms with E-state index in [9.17, 15) is 4.79 Å².